The van der Waals surface area contributed by atoms with E-state index < -0.39 is 35.7 Å². The van der Waals surface area contributed by atoms with Gasteiger partial charge in [0.1, 0.15) is 11.5 Å². The molecule has 2 rings (SSSR count). The summed E-state index contributed by atoms with van der Waals surface area (Å²) in [5.74, 6) is -0.615. The fourth-order valence-corrected chi connectivity index (χ4v) is 1.91. The number of furan rings is 1. The van der Waals surface area contributed by atoms with Gasteiger partial charge in [0.05, 0.1) is 23.9 Å². The monoisotopic (exact) mass is 353 g/mol. The first-order valence-corrected chi connectivity index (χ1v) is 7.10. The largest absolute Gasteiger partial charge is 0.460 e. The van der Waals surface area contributed by atoms with Gasteiger partial charge in [0.25, 0.3) is 11.8 Å². The van der Waals surface area contributed by atoms with Gasteiger partial charge in [-0.2, -0.15) is 18.3 Å². The summed E-state index contributed by atoms with van der Waals surface area (Å²) in [7, 11) is 0. The molecule has 0 atom stereocenters. The minimum absolute atomic E-state index is 0.418. The molecule has 2 amide bonds. The second-order valence-electron chi connectivity index (χ2n) is 4.97. The highest BCUT2D eigenvalue weighted by molar-refractivity contribution is 5.97. The molecule has 2 aromatic rings. The maximum Gasteiger partial charge on any atom is 0.417 e. The van der Waals surface area contributed by atoms with Crippen molar-refractivity contribution in [1.29, 1.82) is 0 Å². The Kier molecular flexibility index (Phi) is 5.58. The van der Waals surface area contributed by atoms with Gasteiger partial charge in [0.2, 0.25) is 0 Å². The molecule has 0 saturated carbocycles. The third-order valence-corrected chi connectivity index (χ3v) is 3.03. The first-order valence-electron chi connectivity index (χ1n) is 7.10. The van der Waals surface area contributed by atoms with Crippen LogP contribution < -0.4 is 10.7 Å². The van der Waals surface area contributed by atoms with E-state index >= 15 is 0 Å². The predicted octanol–water partition coefficient (Wildman–Crippen LogP) is 2.49. The topological polar surface area (TPSA) is 83.7 Å². The lowest BCUT2D eigenvalue weighted by atomic mass is 10.1. The Hall–Kier alpha value is -3.10. The fraction of sp³-hybridized carbons (Fsp3) is 0.188. The SMILES string of the molecule is Cc1ccc(C=NNC(=O)CNC(=O)c2ccccc2C(F)(F)F)o1. The lowest BCUT2D eigenvalue weighted by Gasteiger charge is -2.12. The van der Waals surface area contributed by atoms with Crippen molar-refractivity contribution in [3.05, 3.63) is 59.0 Å². The van der Waals surface area contributed by atoms with Crippen LogP contribution in [0, 0.1) is 6.92 Å². The van der Waals surface area contributed by atoms with Crippen molar-refractivity contribution in [3.63, 3.8) is 0 Å². The molecule has 0 aliphatic carbocycles. The van der Waals surface area contributed by atoms with Gasteiger partial charge in [-0.3, -0.25) is 9.59 Å². The average molecular weight is 353 g/mol. The van der Waals surface area contributed by atoms with Crippen LogP contribution in [0.4, 0.5) is 13.2 Å². The number of amides is 2. The smallest absolute Gasteiger partial charge is 0.417 e. The summed E-state index contributed by atoms with van der Waals surface area (Å²) >= 11 is 0. The number of rotatable bonds is 5. The van der Waals surface area contributed by atoms with Crippen molar-refractivity contribution in [2.75, 3.05) is 6.54 Å². The number of hydrogen-bond acceptors (Lipinski definition) is 4. The number of alkyl halides is 3. The third-order valence-electron chi connectivity index (χ3n) is 3.03. The van der Waals surface area contributed by atoms with E-state index in [1.807, 2.05) is 0 Å². The molecule has 1 aromatic heterocycles. The molecule has 0 radical (unpaired) electrons. The zero-order valence-corrected chi connectivity index (χ0v) is 13.1. The predicted molar refractivity (Wildman–Crippen MR) is 83.0 cm³/mol. The van der Waals surface area contributed by atoms with Crippen LogP contribution in [0.3, 0.4) is 0 Å². The first-order chi connectivity index (χ1) is 11.8. The molecule has 9 heteroatoms. The Balaban J connectivity index is 1.90. The number of hydrogen-bond donors (Lipinski definition) is 2. The van der Waals surface area contributed by atoms with Crippen LogP contribution in [-0.2, 0) is 11.0 Å². The van der Waals surface area contributed by atoms with Crippen LogP contribution in [0.2, 0.25) is 0 Å². The second kappa shape index (κ2) is 7.65. The highest BCUT2D eigenvalue weighted by Gasteiger charge is 2.34. The van der Waals surface area contributed by atoms with Crippen molar-refractivity contribution in [1.82, 2.24) is 10.7 Å². The Labute approximate surface area is 140 Å². The summed E-state index contributed by atoms with van der Waals surface area (Å²) in [6.45, 7) is 1.21. The molecule has 0 unspecified atom stereocenters. The highest BCUT2D eigenvalue weighted by atomic mass is 19.4. The maximum absolute atomic E-state index is 12.8. The van der Waals surface area contributed by atoms with Gasteiger partial charge in [-0.1, -0.05) is 12.1 Å². The molecule has 0 saturated heterocycles. The summed E-state index contributed by atoms with van der Waals surface area (Å²) in [5, 5.41) is 5.73. The van der Waals surface area contributed by atoms with Crippen LogP contribution in [0.1, 0.15) is 27.4 Å². The molecule has 0 aliphatic heterocycles. The van der Waals surface area contributed by atoms with Gasteiger partial charge in [0.15, 0.2) is 0 Å². The van der Waals surface area contributed by atoms with Crippen LogP contribution in [-0.4, -0.2) is 24.6 Å². The molecule has 132 valence electrons. The molecule has 0 bridgehead atoms. The van der Waals surface area contributed by atoms with Crippen molar-refractivity contribution in [2.24, 2.45) is 5.10 Å². The molecule has 1 aromatic carbocycles. The Morgan fingerprint density at radius 3 is 2.56 bits per heavy atom. The number of benzene rings is 1. The van der Waals surface area contributed by atoms with Gasteiger partial charge < -0.3 is 9.73 Å². The van der Waals surface area contributed by atoms with Crippen LogP contribution in [0.5, 0.6) is 0 Å². The van der Waals surface area contributed by atoms with E-state index in [-0.39, 0.29) is 0 Å². The van der Waals surface area contributed by atoms with Gasteiger partial charge in [0, 0.05) is 0 Å². The number of aryl methyl sites for hydroxylation is 1. The molecule has 0 spiro atoms. The van der Waals surface area contributed by atoms with Crippen LogP contribution >= 0.6 is 0 Å². The van der Waals surface area contributed by atoms with Gasteiger partial charge in [-0.05, 0) is 31.2 Å². The van der Waals surface area contributed by atoms with Gasteiger partial charge >= 0.3 is 6.18 Å². The number of hydrazone groups is 1. The van der Waals surface area contributed by atoms with Crippen molar-refractivity contribution in [2.45, 2.75) is 13.1 Å². The molecule has 2 N–H and O–H groups in total. The normalized spacial score (nSPS) is 11.5. The number of halogens is 3. The lowest BCUT2D eigenvalue weighted by molar-refractivity contribution is -0.137. The minimum Gasteiger partial charge on any atom is -0.460 e. The summed E-state index contributed by atoms with van der Waals surface area (Å²) in [6.07, 6.45) is -3.41. The first kappa shape index (κ1) is 18.2. The fourth-order valence-electron chi connectivity index (χ4n) is 1.91. The summed E-state index contributed by atoms with van der Waals surface area (Å²) < 4.78 is 43.7. The van der Waals surface area contributed by atoms with Crippen LogP contribution in [0.25, 0.3) is 0 Å². The minimum atomic E-state index is -4.67. The zero-order valence-electron chi connectivity index (χ0n) is 13.1. The Morgan fingerprint density at radius 1 is 1.20 bits per heavy atom. The quantitative estimate of drug-likeness (QED) is 0.640. The molecular weight excluding hydrogens is 339 g/mol. The molecule has 6 nitrogen and oxygen atoms in total. The van der Waals surface area contributed by atoms with E-state index in [1.165, 1.54) is 18.3 Å². The van der Waals surface area contributed by atoms with Gasteiger partial charge in [-0.15, -0.1) is 0 Å². The summed E-state index contributed by atoms with van der Waals surface area (Å²) in [4.78, 5) is 23.4. The summed E-state index contributed by atoms with van der Waals surface area (Å²) in [6, 6.07) is 7.66. The van der Waals surface area contributed by atoms with Crippen molar-refractivity contribution in [3.8, 4) is 0 Å². The van der Waals surface area contributed by atoms with Crippen molar-refractivity contribution >= 4 is 18.0 Å². The molecular formula is C16H14F3N3O3. The lowest BCUT2D eigenvalue weighted by Crippen LogP contribution is -2.35. The number of carbonyl (C=O) groups is 2. The molecule has 0 fully saturated rings. The van der Waals surface area contributed by atoms with E-state index in [0.29, 0.717) is 11.5 Å². The summed E-state index contributed by atoms with van der Waals surface area (Å²) in [5.41, 5.74) is 0.497. The van der Waals surface area contributed by atoms with E-state index in [0.717, 1.165) is 12.1 Å². The maximum atomic E-state index is 12.8. The highest BCUT2D eigenvalue weighted by Crippen LogP contribution is 2.31. The van der Waals surface area contributed by atoms with Crippen LogP contribution in [0.15, 0.2) is 45.9 Å². The Bertz CT molecular complexity index is 797. The van der Waals surface area contributed by atoms with E-state index in [2.05, 4.69) is 15.8 Å². The Morgan fingerprint density at radius 2 is 1.92 bits per heavy atom. The third kappa shape index (κ3) is 5.20. The molecule has 0 aliphatic rings. The standard InChI is InChI=1S/C16H14F3N3O3/c1-10-6-7-11(25-10)8-21-22-14(23)9-20-15(24)12-4-2-3-5-13(12)16(17,18)19/h2-8H,9H2,1H3,(H,20,24)(H,22,23). The second-order valence-corrected chi connectivity index (χ2v) is 4.97. The van der Waals surface area contributed by atoms with Gasteiger partial charge in [-0.25, -0.2) is 5.43 Å². The van der Waals surface area contributed by atoms with Crippen molar-refractivity contribution < 1.29 is 27.2 Å². The number of nitrogens with one attached hydrogen (secondary N) is 2. The number of carbonyl (C=O) groups excluding carboxylic acids is 2. The zero-order chi connectivity index (χ0) is 18.4. The molecule has 1 heterocycles. The number of nitrogens with zero attached hydrogens (tertiary/aromatic N) is 1. The molecule has 25 heavy (non-hydrogen) atoms. The average Bonchev–Trinajstić information content (AvgIpc) is 2.97. The van der Waals surface area contributed by atoms with E-state index in [1.54, 1.807) is 19.1 Å². The van der Waals surface area contributed by atoms with E-state index in [9.17, 15) is 22.8 Å². The van der Waals surface area contributed by atoms with E-state index in [4.69, 9.17) is 4.42 Å².